The molecule has 0 spiro atoms. The number of nitrogens with zero attached hydrogens (tertiary/aromatic N) is 2. The molecule has 0 bridgehead atoms. The third kappa shape index (κ3) is 2.18. The van der Waals surface area contributed by atoms with Gasteiger partial charge in [-0.25, -0.2) is 13.4 Å². The Bertz CT molecular complexity index is 595. The molecule has 3 heterocycles. The number of fused-ring (bicyclic) bond motifs is 1. The molecule has 18 heavy (non-hydrogen) atoms. The van der Waals surface area contributed by atoms with Gasteiger partial charge in [0.05, 0.1) is 17.5 Å². The lowest BCUT2D eigenvalue weighted by Crippen LogP contribution is -2.46. The van der Waals surface area contributed by atoms with Crippen molar-refractivity contribution in [1.29, 1.82) is 0 Å². The molecule has 0 aliphatic carbocycles. The Hall–Kier alpha value is -0.570. The van der Waals surface area contributed by atoms with E-state index in [1.54, 1.807) is 0 Å². The molecule has 2 aliphatic rings. The van der Waals surface area contributed by atoms with Crippen molar-refractivity contribution in [2.75, 3.05) is 22.6 Å². The molecular formula is C9H10ClN3O3S2. The SMILES string of the molecule is O=S1(=O)CC(Nc2nc(Cl)nc3c2[S+]([O-])CC3)C1. The summed E-state index contributed by atoms with van der Waals surface area (Å²) in [5, 5.41) is 3.09. The maximum absolute atomic E-state index is 11.8. The molecule has 9 heteroatoms. The van der Waals surface area contributed by atoms with Gasteiger partial charge in [0.25, 0.3) is 0 Å². The monoisotopic (exact) mass is 307 g/mol. The molecule has 1 saturated heterocycles. The van der Waals surface area contributed by atoms with E-state index in [1.165, 1.54) is 0 Å². The third-order valence-corrected chi connectivity index (χ3v) is 6.36. The van der Waals surface area contributed by atoms with Gasteiger partial charge in [-0.3, -0.25) is 0 Å². The summed E-state index contributed by atoms with van der Waals surface area (Å²) in [4.78, 5) is 8.64. The van der Waals surface area contributed by atoms with Crippen LogP contribution in [0.3, 0.4) is 0 Å². The largest absolute Gasteiger partial charge is 0.611 e. The number of aryl methyl sites for hydroxylation is 1. The number of sulfone groups is 1. The van der Waals surface area contributed by atoms with Crippen molar-refractivity contribution in [1.82, 2.24) is 9.97 Å². The van der Waals surface area contributed by atoms with Crippen LogP contribution in [0.2, 0.25) is 5.28 Å². The van der Waals surface area contributed by atoms with E-state index in [-0.39, 0.29) is 22.8 Å². The van der Waals surface area contributed by atoms with Gasteiger partial charge >= 0.3 is 0 Å². The van der Waals surface area contributed by atoms with Gasteiger partial charge in [-0.15, -0.1) is 0 Å². The number of nitrogens with one attached hydrogen (secondary N) is 1. The highest BCUT2D eigenvalue weighted by atomic mass is 35.5. The molecule has 0 amide bonds. The van der Waals surface area contributed by atoms with E-state index in [0.717, 1.165) is 0 Å². The van der Waals surface area contributed by atoms with Crippen molar-refractivity contribution in [3.05, 3.63) is 11.0 Å². The van der Waals surface area contributed by atoms with E-state index in [4.69, 9.17) is 11.6 Å². The van der Waals surface area contributed by atoms with Crippen LogP contribution < -0.4 is 5.32 Å². The minimum atomic E-state index is -2.90. The number of aromatic nitrogens is 2. The van der Waals surface area contributed by atoms with Gasteiger partial charge in [0.1, 0.15) is 11.4 Å². The molecule has 0 aromatic carbocycles. The Kier molecular flexibility index (Phi) is 2.92. The second-order valence-electron chi connectivity index (χ2n) is 4.33. The molecule has 1 N–H and O–H groups in total. The van der Waals surface area contributed by atoms with E-state index >= 15 is 0 Å². The maximum atomic E-state index is 11.8. The van der Waals surface area contributed by atoms with Crippen LogP contribution in [0.4, 0.5) is 5.82 Å². The van der Waals surface area contributed by atoms with Crippen LogP contribution in [0.1, 0.15) is 5.69 Å². The fourth-order valence-electron chi connectivity index (χ4n) is 2.11. The summed E-state index contributed by atoms with van der Waals surface area (Å²) in [7, 11) is -2.90. The van der Waals surface area contributed by atoms with E-state index in [0.29, 0.717) is 28.6 Å². The van der Waals surface area contributed by atoms with Gasteiger partial charge < -0.3 is 9.87 Å². The summed E-state index contributed by atoms with van der Waals surface area (Å²) in [5.74, 6) is 1.09. The van der Waals surface area contributed by atoms with Crippen LogP contribution >= 0.6 is 11.6 Å². The normalized spacial score (nSPS) is 25.6. The molecule has 1 aromatic rings. The lowest BCUT2D eigenvalue weighted by atomic mass is 10.3. The highest BCUT2D eigenvalue weighted by molar-refractivity contribution is 7.93. The highest BCUT2D eigenvalue weighted by Crippen LogP contribution is 2.32. The smallest absolute Gasteiger partial charge is 0.224 e. The van der Waals surface area contributed by atoms with Crippen molar-refractivity contribution >= 4 is 38.4 Å². The molecule has 98 valence electrons. The van der Waals surface area contributed by atoms with Crippen molar-refractivity contribution in [3.8, 4) is 0 Å². The van der Waals surface area contributed by atoms with Crippen LogP contribution in [-0.2, 0) is 27.4 Å². The molecule has 2 aliphatic heterocycles. The van der Waals surface area contributed by atoms with Gasteiger partial charge in [-0.1, -0.05) is 0 Å². The molecule has 0 saturated carbocycles. The predicted molar refractivity (Wildman–Crippen MR) is 68.1 cm³/mol. The summed E-state index contributed by atoms with van der Waals surface area (Å²) in [6.45, 7) is 0. The first-order valence-corrected chi connectivity index (χ1v) is 8.88. The molecule has 3 rings (SSSR count). The zero-order chi connectivity index (χ0) is 12.9. The minimum absolute atomic E-state index is 0.0794. The van der Waals surface area contributed by atoms with Crippen LogP contribution in [0.5, 0.6) is 0 Å². The number of hydrogen-bond donors (Lipinski definition) is 1. The maximum Gasteiger partial charge on any atom is 0.224 e. The van der Waals surface area contributed by atoms with E-state index in [9.17, 15) is 13.0 Å². The summed E-state index contributed by atoms with van der Waals surface area (Å²) < 4.78 is 34.0. The third-order valence-electron chi connectivity index (χ3n) is 2.91. The fourth-order valence-corrected chi connectivity index (χ4v) is 4.90. The van der Waals surface area contributed by atoms with E-state index in [2.05, 4.69) is 15.3 Å². The van der Waals surface area contributed by atoms with Crippen LogP contribution in [0.15, 0.2) is 4.90 Å². The molecule has 0 radical (unpaired) electrons. The molecule has 1 unspecified atom stereocenters. The molecule has 1 atom stereocenters. The van der Waals surface area contributed by atoms with Crippen LogP contribution in [-0.4, -0.2) is 46.2 Å². The van der Waals surface area contributed by atoms with Crippen molar-refractivity contribution in [2.45, 2.75) is 17.4 Å². The molecule has 1 fully saturated rings. The van der Waals surface area contributed by atoms with Gasteiger partial charge in [-0.2, -0.15) is 4.98 Å². The van der Waals surface area contributed by atoms with Crippen LogP contribution in [0.25, 0.3) is 0 Å². The second-order valence-corrected chi connectivity index (χ2v) is 8.33. The Balaban J connectivity index is 1.88. The zero-order valence-corrected chi connectivity index (χ0v) is 11.6. The first-order chi connectivity index (χ1) is 8.44. The summed E-state index contributed by atoms with van der Waals surface area (Å²) in [6, 6.07) is -0.178. The molecular weight excluding hydrogens is 298 g/mol. The minimum Gasteiger partial charge on any atom is -0.611 e. The number of hydrogen-bond acceptors (Lipinski definition) is 6. The molecule has 6 nitrogen and oxygen atoms in total. The first kappa shape index (κ1) is 12.5. The second kappa shape index (κ2) is 4.22. The molecule has 1 aromatic heterocycles. The topological polar surface area (TPSA) is 95.0 Å². The van der Waals surface area contributed by atoms with Gasteiger partial charge in [0, 0.05) is 6.42 Å². The quantitative estimate of drug-likeness (QED) is 0.610. The lowest BCUT2D eigenvalue weighted by Gasteiger charge is -2.27. The lowest BCUT2D eigenvalue weighted by molar-refractivity contribution is 0.570. The predicted octanol–water partition coefficient (Wildman–Crippen LogP) is 0.00260. The average Bonchev–Trinajstić information content (AvgIpc) is 2.57. The van der Waals surface area contributed by atoms with Gasteiger partial charge in [-0.05, 0) is 22.8 Å². The van der Waals surface area contributed by atoms with Crippen molar-refractivity contribution in [2.24, 2.45) is 0 Å². The Morgan fingerprint density at radius 3 is 2.78 bits per heavy atom. The number of halogens is 1. The van der Waals surface area contributed by atoms with E-state index in [1.807, 2.05) is 0 Å². The van der Waals surface area contributed by atoms with Gasteiger partial charge in [0.2, 0.25) is 10.2 Å². The fraction of sp³-hybridized carbons (Fsp3) is 0.556. The number of anilines is 1. The summed E-state index contributed by atoms with van der Waals surface area (Å²) in [5.41, 5.74) is 0.693. The van der Waals surface area contributed by atoms with Gasteiger partial charge in [0.15, 0.2) is 15.7 Å². The Morgan fingerprint density at radius 1 is 1.39 bits per heavy atom. The highest BCUT2D eigenvalue weighted by Gasteiger charge is 2.37. The zero-order valence-electron chi connectivity index (χ0n) is 9.22. The summed E-state index contributed by atoms with van der Waals surface area (Å²) in [6.07, 6.45) is 0.613. The Labute approximate surface area is 112 Å². The first-order valence-electron chi connectivity index (χ1n) is 5.36. The van der Waals surface area contributed by atoms with Crippen LogP contribution in [0, 0.1) is 0 Å². The van der Waals surface area contributed by atoms with Crippen molar-refractivity contribution in [3.63, 3.8) is 0 Å². The van der Waals surface area contributed by atoms with Crippen molar-refractivity contribution < 1.29 is 13.0 Å². The number of rotatable bonds is 2. The standard InChI is InChI=1S/C9H10ClN3O3S2/c10-9-12-6-1-2-17(14)7(6)8(13-9)11-5-3-18(15,16)4-5/h5H,1-4H2,(H,11,12,13). The van der Waals surface area contributed by atoms with E-state index < -0.39 is 21.0 Å². The summed E-state index contributed by atoms with van der Waals surface area (Å²) >= 11 is 4.67. The Morgan fingerprint density at radius 2 is 2.11 bits per heavy atom. The average molecular weight is 308 g/mol.